The normalized spacial score (nSPS) is 9.82. The Morgan fingerprint density at radius 2 is 1.93 bits per heavy atom. The van der Waals surface area contributed by atoms with Crippen molar-refractivity contribution in [2.45, 2.75) is 13.3 Å². The van der Waals surface area contributed by atoms with Crippen LogP contribution in [0.5, 0.6) is 0 Å². The molecule has 0 bridgehead atoms. The molecule has 0 spiro atoms. The van der Waals surface area contributed by atoms with Gasteiger partial charge in [0.05, 0.1) is 24.8 Å². The first-order valence-electron chi connectivity index (χ1n) is 8.33. The molecule has 0 saturated carbocycles. The van der Waals surface area contributed by atoms with E-state index in [1.165, 1.54) is 6.07 Å². The number of carbonyl (C=O) groups is 2. The van der Waals surface area contributed by atoms with Crippen molar-refractivity contribution in [2.24, 2.45) is 0 Å². The SMILES string of the molecule is CC(=O)[O-].N#Cc1ccc(C(=O)COCC[NH3+])c(Cc2ccc(I)cc2F)c1. The Labute approximate surface area is 176 Å². The molecule has 0 amide bonds. The van der Waals surface area contributed by atoms with Gasteiger partial charge in [-0.05, 0) is 71.0 Å². The van der Waals surface area contributed by atoms with Crippen molar-refractivity contribution in [1.82, 2.24) is 0 Å². The summed E-state index contributed by atoms with van der Waals surface area (Å²) in [6.45, 7) is 1.91. The minimum Gasteiger partial charge on any atom is -0.550 e. The van der Waals surface area contributed by atoms with Crippen LogP contribution in [0.15, 0.2) is 36.4 Å². The number of ketones is 1. The van der Waals surface area contributed by atoms with Crippen molar-refractivity contribution < 1.29 is 29.6 Å². The number of benzene rings is 2. The highest BCUT2D eigenvalue weighted by atomic mass is 127. The second-order valence-electron chi connectivity index (χ2n) is 5.72. The Kier molecular flexibility index (Phi) is 10.3. The number of rotatable bonds is 7. The molecule has 0 heterocycles. The summed E-state index contributed by atoms with van der Waals surface area (Å²) >= 11 is 2.04. The molecule has 148 valence electrons. The molecule has 6 nitrogen and oxygen atoms in total. The highest BCUT2D eigenvalue weighted by Gasteiger charge is 2.15. The summed E-state index contributed by atoms with van der Waals surface area (Å²) < 4.78 is 20.2. The van der Waals surface area contributed by atoms with Gasteiger partial charge in [0.15, 0.2) is 5.78 Å². The fourth-order valence-corrected chi connectivity index (χ4v) is 2.75. The number of halogens is 2. The van der Waals surface area contributed by atoms with Crippen LogP contribution >= 0.6 is 22.6 Å². The molecule has 0 aliphatic heterocycles. The molecule has 0 unspecified atom stereocenters. The summed E-state index contributed by atoms with van der Waals surface area (Å²) in [7, 11) is 0. The molecule has 0 aliphatic rings. The Bertz CT molecular complexity index is 877. The first kappa shape index (κ1) is 23.7. The minimum atomic E-state index is -1.08. The van der Waals surface area contributed by atoms with Crippen molar-refractivity contribution in [3.63, 3.8) is 0 Å². The molecule has 0 fully saturated rings. The van der Waals surface area contributed by atoms with Crippen molar-refractivity contribution in [2.75, 3.05) is 19.8 Å². The number of carboxylic acids is 1. The van der Waals surface area contributed by atoms with E-state index in [1.54, 1.807) is 24.3 Å². The summed E-state index contributed by atoms with van der Waals surface area (Å²) in [4.78, 5) is 21.2. The molecule has 0 aliphatic carbocycles. The maximum Gasteiger partial charge on any atom is 0.188 e. The van der Waals surface area contributed by atoms with E-state index < -0.39 is 5.97 Å². The maximum atomic E-state index is 14.1. The van der Waals surface area contributed by atoms with E-state index in [0.29, 0.717) is 35.4 Å². The van der Waals surface area contributed by atoms with Crippen molar-refractivity contribution >= 4 is 34.3 Å². The van der Waals surface area contributed by atoms with Gasteiger partial charge in [-0.15, -0.1) is 0 Å². The third kappa shape index (κ3) is 8.12. The van der Waals surface area contributed by atoms with Gasteiger partial charge < -0.3 is 20.4 Å². The smallest absolute Gasteiger partial charge is 0.188 e. The Balaban J connectivity index is 0.000000892. The van der Waals surface area contributed by atoms with Gasteiger partial charge >= 0.3 is 0 Å². The molecule has 0 saturated heterocycles. The number of Topliss-reactive ketones (excluding diaryl/α,β-unsaturated/α-hetero) is 1. The molecule has 28 heavy (non-hydrogen) atoms. The molecule has 0 aromatic heterocycles. The van der Waals surface area contributed by atoms with E-state index in [0.717, 1.165) is 10.5 Å². The fraction of sp³-hybridized carbons (Fsp3) is 0.250. The molecule has 2 aromatic rings. The van der Waals surface area contributed by atoms with Gasteiger partial charge in [-0.3, -0.25) is 4.79 Å². The van der Waals surface area contributed by atoms with E-state index >= 15 is 0 Å². The Morgan fingerprint density at radius 3 is 2.50 bits per heavy atom. The number of aliphatic carboxylic acids is 1. The second-order valence-corrected chi connectivity index (χ2v) is 6.96. The lowest BCUT2D eigenvalue weighted by Gasteiger charge is -2.11. The topological polar surface area (TPSA) is 118 Å². The predicted octanol–water partition coefficient (Wildman–Crippen LogP) is 1.09. The molecule has 3 N–H and O–H groups in total. The Hall–Kier alpha value is -2.35. The summed E-state index contributed by atoms with van der Waals surface area (Å²) in [6, 6.07) is 11.8. The minimum absolute atomic E-state index is 0.0520. The van der Waals surface area contributed by atoms with Gasteiger partial charge in [0.1, 0.15) is 12.4 Å². The number of carbonyl (C=O) groups excluding carboxylic acids is 2. The summed E-state index contributed by atoms with van der Waals surface area (Å²) in [6.07, 6.45) is 0.245. The van der Waals surface area contributed by atoms with Crippen LogP contribution in [-0.2, 0) is 16.0 Å². The highest BCUT2D eigenvalue weighted by molar-refractivity contribution is 14.1. The number of ether oxygens (including phenoxy) is 1. The molecule has 2 aromatic carbocycles. The van der Waals surface area contributed by atoms with Crippen molar-refractivity contribution in [3.05, 3.63) is 68.0 Å². The van der Waals surface area contributed by atoms with Gasteiger partial charge in [-0.1, -0.05) is 6.07 Å². The number of quaternary nitrogens is 1. The van der Waals surface area contributed by atoms with E-state index in [4.69, 9.17) is 19.9 Å². The molecular formula is C20H20FIN2O4. The predicted molar refractivity (Wildman–Crippen MR) is 107 cm³/mol. The third-order valence-electron chi connectivity index (χ3n) is 3.45. The molecule has 2 rings (SSSR count). The van der Waals surface area contributed by atoms with Crippen molar-refractivity contribution in [3.8, 4) is 6.07 Å². The molecule has 0 atom stereocenters. The average Bonchev–Trinajstić information content (AvgIpc) is 2.63. The Morgan fingerprint density at radius 1 is 1.25 bits per heavy atom. The first-order chi connectivity index (χ1) is 13.3. The van der Waals surface area contributed by atoms with E-state index in [1.807, 2.05) is 34.7 Å². The lowest BCUT2D eigenvalue weighted by atomic mass is 9.95. The van der Waals surface area contributed by atoms with Crippen LogP contribution in [0.1, 0.15) is 34.0 Å². The first-order valence-corrected chi connectivity index (χ1v) is 9.41. The van der Waals surface area contributed by atoms with Crippen LogP contribution in [0.2, 0.25) is 0 Å². The van der Waals surface area contributed by atoms with E-state index in [-0.39, 0.29) is 24.6 Å². The number of nitrogens with zero attached hydrogens (tertiary/aromatic N) is 1. The van der Waals surface area contributed by atoms with Crippen LogP contribution in [0.25, 0.3) is 0 Å². The zero-order chi connectivity index (χ0) is 21.1. The van der Waals surface area contributed by atoms with Gasteiger partial charge in [0.2, 0.25) is 0 Å². The standard InChI is InChI=1S/C18H16FIN2O2.C2H4O2/c19-17-9-15(20)3-2-13(17)8-14-7-12(10-22)1-4-16(14)18(23)11-24-6-5-21;1-2(3)4/h1-4,7,9H,5-6,8,11,21H2;1H3,(H,3,4). The van der Waals surface area contributed by atoms with Crippen LogP contribution in [-0.4, -0.2) is 31.5 Å². The maximum absolute atomic E-state index is 14.1. The largest absolute Gasteiger partial charge is 0.550 e. The fourth-order valence-electron chi connectivity index (χ4n) is 2.30. The number of nitriles is 1. The molecule has 0 radical (unpaired) electrons. The lowest BCUT2D eigenvalue weighted by Crippen LogP contribution is -2.52. The molecular weight excluding hydrogens is 478 g/mol. The van der Waals surface area contributed by atoms with Gasteiger partial charge in [-0.25, -0.2) is 4.39 Å². The van der Waals surface area contributed by atoms with E-state index in [9.17, 15) is 9.18 Å². The third-order valence-corrected chi connectivity index (χ3v) is 4.12. The van der Waals surface area contributed by atoms with Gasteiger partial charge in [0, 0.05) is 21.5 Å². The van der Waals surface area contributed by atoms with Gasteiger partial charge in [-0.2, -0.15) is 5.26 Å². The summed E-state index contributed by atoms with van der Waals surface area (Å²) in [5, 5.41) is 18.0. The zero-order valence-electron chi connectivity index (χ0n) is 15.3. The lowest BCUT2D eigenvalue weighted by molar-refractivity contribution is -0.373. The molecule has 8 heteroatoms. The van der Waals surface area contributed by atoms with Gasteiger partial charge in [0.25, 0.3) is 0 Å². The summed E-state index contributed by atoms with van der Waals surface area (Å²) in [5.74, 6) is -1.59. The van der Waals surface area contributed by atoms with Crippen LogP contribution in [0.3, 0.4) is 0 Å². The number of hydrogen-bond acceptors (Lipinski definition) is 5. The van der Waals surface area contributed by atoms with Crippen molar-refractivity contribution in [1.29, 1.82) is 5.26 Å². The van der Waals surface area contributed by atoms with Crippen LogP contribution in [0.4, 0.5) is 4.39 Å². The monoisotopic (exact) mass is 498 g/mol. The number of hydrogen-bond donors (Lipinski definition) is 1. The highest BCUT2D eigenvalue weighted by Crippen LogP contribution is 2.20. The summed E-state index contributed by atoms with van der Waals surface area (Å²) in [5.41, 5.74) is 5.65. The van der Waals surface area contributed by atoms with E-state index in [2.05, 4.69) is 5.73 Å². The average molecular weight is 498 g/mol. The van der Waals surface area contributed by atoms with Crippen LogP contribution in [0, 0.1) is 20.7 Å². The van der Waals surface area contributed by atoms with Crippen LogP contribution < -0.4 is 10.8 Å². The number of carboxylic acid groups (broad SMARTS) is 1. The second kappa shape index (κ2) is 12.2. The zero-order valence-corrected chi connectivity index (χ0v) is 17.5. The quantitative estimate of drug-likeness (QED) is 0.349.